The molecule has 0 bridgehead atoms. The fraction of sp³-hybridized carbons (Fsp3) is 0.316. The van der Waals surface area contributed by atoms with Crippen LogP contribution in [0.1, 0.15) is 11.1 Å². The third kappa shape index (κ3) is 2.59. The molecule has 0 spiro atoms. The molecule has 4 nitrogen and oxygen atoms in total. The van der Waals surface area contributed by atoms with E-state index in [4.69, 9.17) is 9.40 Å². The third-order valence-corrected chi connectivity index (χ3v) is 4.61. The molecule has 4 heteroatoms. The van der Waals surface area contributed by atoms with E-state index in [0.717, 1.165) is 42.8 Å². The molecular weight excluding hydrogens is 286 g/mol. The van der Waals surface area contributed by atoms with Gasteiger partial charge in [0.2, 0.25) is 5.89 Å². The number of hydrogen-bond donors (Lipinski definition) is 1. The lowest BCUT2D eigenvalue weighted by Gasteiger charge is -2.29. The number of benzene rings is 2. The van der Waals surface area contributed by atoms with E-state index < -0.39 is 0 Å². The molecule has 0 aliphatic carbocycles. The van der Waals surface area contributed by atoms with Crippen LogP contribution in [0.15, 0.2) is 40.8 Å². The molecule has 0 unspecified atom stereocenters. The van der Waals surface area contributed by atoms with Crippen molar-refractivity contribution in [2.24, 2.45) is 0 Å². The average molecular weight is 307 g/mol. The van der Waals surface area contributed by atoms with Crippen LogP contribution in [0.3, 0.4) is 0 Å². The number of oxazole rings is 1. The summed E-state index contributed by atoms with van der Waals surface area (Å²) in [5, 5.41) is 3.39. The van der Waals surface area contributed by atoms with Crippen LogP contribution in [0.25, 0.3) is 22.6 Å². The quantitative estimate of drug-likeness (QED) is 0.786. The zero-order chi connectivity index (χ0) is 15.8. The van der Waals surface area contributed by atoms with Crippen molar-refractivity contribution in [2.45, 2.75) is 13.8 Å². The molecule has 0 radical (unpaired) electrons. The Kier molecular flexibility index (Phi) is 3.54. The van der Waals surface area contributed by atoms with Gasteiger partial charge >= 0.3 is 0 Å². The van der Waals surface area contributed by atoms with E-state index in [1.165, 1.54) is 16.8 Å². The summed E-state index contributed by atoms with van der Waals surface area (Å²) in [6, 6.07) is 12.5. The van der Waals surface area contributed by atoms with E-state index in [1.54, 1.807) is 0 Å². The smallest absolute Gasteiger partial charge is 0.227 e. The van der Waals surface area contributed by atoms with Crippen molar-refractivity contribution in [3.8, 4) is 11.5 Å². The van der Waals surface area contributed by atoms with Crippen molar-refractivity contribution in [2.75, 3.05) is 31.1 Å². The molecule has 0 amide bonds. The summed E-state index contributed by atoms with van der Waals surface area (Å²) in [4.78, 5) is 7.18. The minimum absolute atomic E-state index is 0.700. The normalized spacial score (nSPS) is 15.3. The molecular formula is C19H21N3O. The van der Waals surface area contributed by atoms with Crippen molar-refractivity contribution in [3.05, 3.63) is 47.5 Å². The maximum atomic E-state index is 6.03. The van der Waals surface area contributed by atoms with Gasteiger partial charge in [0.1, 0.15) is 5.52 Å². The predicted molar refractivity (Wildman–Crippen MR) is 94.0 cm³/mol. The fourth-order valence-electron chi connectivity index (χ4n) is 3.09. The zero-order valence-corrected chi connectivity index (χ0v) is 13.6. The molecule has 2 heterocycles. The molecule has 0 atom stereocenters. The Balaban J connectivity index is 1.79. The molecule has 1 aliphatic heterocycles. The number of aryl methyl sites for hydroxylation is 2. The van der Waals surface area contributed by atoms with Crippen LogP contribution >= 0.6 is 0 Å². The summed E-state index contributed by atoms with van der Waals surface area (Å²) in [5.41, 5.74) is 6.56. The van der Waals surface area contributed by atoms with Crippen molar-refractivity contribution < 1.29 is 4.42 Å². The molecule has 1 saturated heterocycles. The van der Waals surface area contributed by atoms with Crippen molar-refractivity contribution in [1.82, 2.24) is 10.3 Å². The molecule has 0 saturated carbocycles. The van der Waals surface area contributed by atoms with E-state index in [2.05, 4.69) is 54.4 Å². The molecule has 1 aromatic heterocycles. The Labute approximate surface area is 136 Å². The highest BCUT2D eigenvalue weighted by Gasteiger charge is 2.17. The van der Waals surface area contributed by atoms with E-state index in [0.29, 0.717) is 5.89 Å². The second-order valence-electron chi connectivity index (χ2n) is 6.18. The van der Waals surface area contributed by atoms with Gasteiger partial charge in [-0.05, 0) is 49.2 Å². The lowest BCUT2D eigenvalue weighted by Crippen LogP contribution is -2.43. The second kappa shape index (κ2) is 5.70. The monoisotopic (exact) mass is 307 g/mol. The van der Waals surface area contributed by atoms with Crippen LogP contribution in [-0.2, 0) is 0 Å². The van der Waals surface area contributed by atoms with E-state index in [-0.39, 0.29) is 0 Å². The summed E-state index contributed by atoms with van der Waals surface area (Å²) in [6.07, 6.45) is 0. The Morgan fingerprint density at radius 2 is 1.87 bits per heavy atom. The predicted octanol–water partition coefficient (Wildman–Crippen LogP) is 3.52. The highest BCUT2D eigenvalue weighted by Crippen LogP contribution is 2.31. The Hall–Kier alpha value is -2.33. The molecule has 23 heavy (non-hydrogen) atoms. The van der Waals surface area contributed by atoms with Gasteiger partial charge < -0.3 is 14.6 Å². The van der Waals surface area contributed by atoms with Crippen LogP contribution in [0.4, 0.5) is 5.69 Å². The summed E-state index contributed by atoms with van der Waals surface area (Å²) in [6.45, 7) is 8.27. The maximum Gasteiger partial charge on any atom is 0.227 e. The third-order valence-electron chi connectivity index (χ3n) is 4.61. The lowest BCUT2D eigenvalue weighted by molar-refractivity contribution is 0.590. The van der Waals surface area contributed by atoms with Gasteiger partial charge in [-0.25, -0.2) is 4.98 Å². The van der Waals surface area contributed by atoms with Crippen LogP contribution in [0.2, 0.25) is 0 Å². The van der Waals surface area contributed by atoms with Crippen molar-refractivity contribution >= 4 is 16.8 Å². The van der Waals surface area contributed by atoms with E-state index in [1.807, 2.05) is 6.07 Å². The van der Waals surface area contributed by atoms with Crippen LogP contribution in [0, 0.1) is 13.8 Å². The van der Waals surface area contributed by atoms with Crippen molar-refractivity contribution in [1.29, 1.82) is 0 Å². The molecule has 1 aliphatic rings. The number of nitrogens with one attached hydrogen (secondary N) is 1. The molecule has 118 valence electrons. The maximum absolute atomic E-state index is 6.03. The van der Waals surface area contributed by atoms with Crippen LogP contribution in [0.5, 0.6) is 0 Å². The minimum atomic E-state index is 0.700. The number of rotatable bonds is 2. The van der Waals surface area contributed by atoms with Gasteiger partial charge in [-0.15, -0.1) is 0 Å². The molecule has 2 aromatic carbocycles. The highest BCUT2D eigenvalue weighted by atomic mass is 16.3. The molecule has 1 fully saturated rings. The van der Waals surface area contributed by atoms with Crippen LogP contribution < -0.4 is 10.2 Å². The number of hydrogen-bond acceptors (Lipinski definition) is 4. The second-order valence-corrected chi connectivity index (χ2v) is 6.18. The summed E-state index contributed by atoms with van der Waals surface area (Å²) in [7, 11) is 0. The molecule has 4 rings (SSSR count). The molecule has 3 aromatic rings. The Morgan fingerprint density at radius 3 is 2.65 bits per heavy atom. The summed E-state index contributed by atoms with van der Waals surface area (Å²) >= 11 is 0. The van der Waals surface area contributed by atoms with Crippen LogP contribution in [-0.4, -0.2) is 31.2 Å². The SMILES string of the molecule is Cc1ccc(-c2nc3c(N4CCNCC4)cccc3o2)cc1C. The first-order valence-electron chi connectivity index (χ1n) is 8.15. The van der Waals surface area contributed by atoms with Gasteiger partial charge in [0, 0.05) is 31.7 Å². The Morgan fingerprint density at radius 1 is 1.04 bits per heavy atom. The van der Waals surface area contributed by atoms with E-state index >= 15 is 0 Å². The number of anilines is 1. The number of piperazine rings is 1. The van der Waals surface area contributed by atoms with Crippen molar-refractivity contribution in [3.63, 3.8) is 0 Å². The van der Waals surface area contributed by atoms with Gasteiger partial charge in [-0.1, -0.05) is 12.1 Å². The first-order valence-corrected chi connectivity index (χ1v) is 8.15. The average Bonchev–Trinajstić information content (AvgIpc) is 3.02. The van der Waals surface area contributed by atoms with Gasteiger partial charge in [0.05, 0.1) is 5.69 Å². The first-order chi connectivity index (χ1) is 11.2. The number of nitrogens with zero attached hydrogens (tertiary/aromatic N) is 2. The number of para-hydroxylation sites is 1. The number of aromatic nitrogens is 1. The van der Waals surface area contributed by atoms with Gasteiger partial charge in [-0.3, -0.25) is 0 Å². The Bertz CT molecular complexity index is 847. The topological polar surface area (TPSA) is 41.3 Å². The standard InChI is InChI=1S/C19H21N3O/c1-13-6-7-15(12-14(13)2)19-21-18-16(4-3-5-17(18)23-19)22-10-8-20-9-11-22/h3-7,12,20H,8-11H2,1-2H3. The lowest BCUT2D eigenvalue weighted by atomic mass is 10.1. The first kappa shape index (κ1) is 14.3. The molecule has 1 N–H and O–H groups in total. The van der Waals surface area contributed by atoms with Gasteiger partial charge in [-0.2, -0.15) is 0 Å². The van der Waals surface area contributed by atoms with Gasteiger partial charge in [0.15, 0.2) is 5.58 Å². The zero-order valence-electron chi connectivity index (χ0n) is 13.6. The fourth-order valence-corrected chi connectivity index (χ4v) is 3.09. The summed E-state index contributed by atoms with van der Waals surface area (Å²) in [5.74, 6) is 0.700. The number of fused-ring (bicyclic) bond motifs is 1. The van der Waals surface area contributed by atoms with Gasteiger partial charge in [0.25, 0.3) is 0 Å². The largest absolute Gasteiger partial charge is 0.436 e. The minimum Gasteiger partial charge on any atom is -0.436 e. The highest BCUT2D eigenvalue weighted by molar-refractivity contribution is 5.89. The van der Waals surface area contributed by atoms with E-state index in [9.17, 15) is 0 Å². The summed E-state index contributed by atoms with van der Waals surface area (Å²) < 4.78 is 6.03.